The lowest BCUT2D eigenvalue weighted by atomic mass is 10.2. The maximum atomic E-state index is 9.17. The zero-order chi connectivity index (χ0) is 12.3. The molecule has 4 heteroatoms. The molecule has 0 aromatic heterocycles. The molecular formula is C11H26O2SSi. The van der Waals surface area contributed by atoms with Gasteiger partial charge in [0.25, 0.3) is 0 Å². The molecule has 92 valence electrons. The molecule has 2 nitrogen and oxygen atoms in total. The van der Waals surface area contributed by atoms with Gasteiger partial charge in [-0.1, -0.05) is 27.7 Å². The van der Waals surface area contributed by atoms with Gasteiger partial charge in [0.15, 0.2) is 8.32 Å². The number of hydrogen-bond donors (Lipinski definition) is 2. The van der Waals surface area contributed by atoms with Crippen molar-refractivity contribution in [3.8, 4) is 0 Å². The van der Waals surface area contributed by atoms with Gasteiger partial charge >= 0.3 is 0 Å². The highest BCUT2D eigenvalue weighted by atomic mass is 32.1. The Bertz CT molecular complexity index is 227. The highest BCUT2D eigenvalue weighted by Gasteiger charge is 2.37. The largest absolute Gasteiger partial charge is 0.416 e. The van der Waals surface area contributed by atoms with Crippen molar-refractivity contribution >= 4 is 24.7 Å². The first kappa shape index (κ1) is 15.4. The monoisotopic (exact) mass is 250 g/mol. The Morgan fingerprint density at radius 3 is 2.20 bits per heavy atom. The molecule has 0 saturated heterocycles. The summed E-state index contributed by atoms with van der Waals surface area (Å²) in [4.78, 5) is 0. The Morgan fingerprint density at radius 2 is 1.87 bits per heavy atom. The fourth-order valence-corrected chi connectivity index (χ4v) is 2.93. The molecule has 0 saturated carbocycles. The van der Waals surface area contributed by atoms with E-state index >= 15 is 0 Å². The van der Waals surface area contributed by atoms with Crippen molar-refractivity contribution in [1.29, 1.82) is 0 Å². The van der Waals surface area contributed by atoms with E-state index in [0.717, 1.165) is 18.0 Å². The van der Waals surface area contributed by atoms with Gasteiger partial charge in [-0.15, -0.1) is 0 Å². The number of aliphatic hydroxyl groups excluding tert-OH is 1. The molecular weight excluding hydrogens is 224 g/mol. The summed E-state index contributed by atoms with van der Waals surface area (Å²) in [6.45, 7) is 15.8. The molecule has 0 aromatic carbocycles. The fourth-order valence-electron chi connectivity index (χ4n) is 0.902. The average Bonchev–Trinajstić information content (AvgIpc) is 1.97. The van der Waals surface area contributed by atoms with Crippen LogP contribution in [-0.4, -0.2) is 30.3 Å². The van der Waals surface area contributed by atoms with Crippen LogP contribution in [0.25, 0.3) is 0 Å². The van der Waals surface area contributed by atoms with Crippen molar-refractivity contribution in [1.82, 2.24) is 0 Å². The van der Waals surface area contributed by atoms with E-state index < -0.39 is 8.32 Å². The summed E-state index contributed by atoms with van der Waals surface area (Å²) in [7, 11) is -1.61. The molecule has 0 aliphatic rings. The van der Waals surface area contributed by atoms with Crippen molar-refractivity contribution < 1.29 is 9.53 Å². The standard InChI is InChI=1S/C11H26O2SSi/c1-9(14-10(2)12)8-13-15(6,7)11(3,4)5/h9,12,14H,8H2,1-7H3/t9-/m0/s1. The van der Waals surface area contributed by atoms with Crippen LogP contribution in [0.2, 0.25) is 18.1 Å². The lowest BCUT2D eigenvalue weighted by Crippen LogP contribution is -2.42. The van der Waals surface area contributed by atoms with Gasteiger partial charge in [0, 0.05) is 11.9 Å². The van der Waals surface area contributed by atoms with Gasteiger partial charge < -0.3 is 9.53 Å². The lowest BCUT2D eigenvalue weighted by molar-refractivity contribution is 0.292. The number of hydrogen-bond acceptors (Lipinski definition) is 1. The molecule has 1 N–H and O–H groups in total. The van der Waals surface area contributed by atoms with Crippen LogP contribution in [0.5, 0.6) is 0 Å². The van der Waals surface area contributed by atoms with Crippen LogP contribution in [0.3, 0.4) is 0 Å². The van der Waals surface area contributed by atoms with E-state index in [1.54, 1.807) is 6.92 Å². The van der Waals surface area contributed by atoms with Crippen molar-refractivity contribution in [3.63, 3.8) is 0 Å². The second-order valence-electron chi connectivity index (χ2n) is 5.60. The third kappa shape index (κ3) is 5.85. The van der Waals surface area contributed by atoms with Gasteiger partial charge in [-0.3, -0.25) is 0 Å². The predicted octanol–water partition coefficient (Wildman–Crippen LogP) is 3.57. The first-order chi connectivity index (χ1) is 6.56. The summed E-state index contributed by atoms with van der Waals surface area (Å²) >= 11 is 0.988. The lowest BCUT2D eigenvalue weighted by Gasteiger charge is -2.36. The molecule has 0 aliphatic carbocycles. The van der Waals surface area contributed by atoms with E-state index in [1.165, 1.54) is 0 Å². The zero-order valence-corrected chi connectivity index (χ0v) is 13.0. The number of rotatable bonds is 4. The molecule has 0 heterocycles. The highest BCUT2D eigenvalue weighted by Crippen LogP contribution is 2.36. The molecule has 0 fully saturated rings. The number of thiol groups is 1. The molecule has 0 radical (unpaired) electrons. The predicted molar refractivity (Wildman–Crippen MR) is 74.9 cm³/mol. The summed E-state index contributed by atoms with van der Waals surface area (Å²) in [6.07, 6.45) is 0. The Labute approximate surface area is 99.1 Å². The first-order valence-corrected chi connectivity index (χ1v) is 9.31. The fraction of sp³-hybridized carbons (Fsp3) is 0.909. The molecule has 0 amide bonds. The first-order valence-electron chi connectivity index (χ1n) is 5.43. The van der Waals surface area contributed by atoms with Crippen molar-refractivity contribution in [3.05, 3.63) is 0 Å². The molecule has 0 aromatic rings. The van der Waals surface area contributed by atoms with Crippen LogP contribution < -0.4 is 0 Å². The Morgan fingerprint density at radius 1 is 1.40 bits per heavy atom. The molecule has 0 spiro atoms. The van der Waals surface area contributed by atoms with E-state index in [9.17, 15) is 5.11 Å². The van der Waals surface area contributed by atoms with Crippen LogP contribution in [0, 0.1) is 0 Å². The minimum absolute atomic E-state index is 0.265. The topological polar surface area (TPSA) is 29.5 Å². The third-order valence-electron chi connectivity index (χ3n) is 2.90. The maximum absolute atomic E-state index is 9.17. The molecule has 0 unspecified atom stereocenters. The van der Waals surface area contributed by atoms with E-state index in [0.29, 0.717) is 10.3 Å². The van der Waals surface area contributed by atoms with Crippen molar-refractivity contribution in [2.45, 2.75) is 58.0 Å². The summed E-state index contributed by atoms with van der Waals surface area (Å²) < 4.78 is 6.06. The molecule has 0 aliphatic heterocycles. The van der Waals surface area contributed by atoms with Crippen LogP contribution in [-0.2, 0) is 4.43 Å². The average molecular weight is 250 g/mol. The maximum Gasteiger partial charge on any atom is 0.192 e. The van der Waals surface area contributed by atoms with E-state index in [4.69, 9.17) is 4.43 Å². The highest BCUT2D eigenvalue weighted by molar-refractivity contribution is 7.98. The summed E-state index contributed by atoms with van der Waals surface area (Å²) in [6, 6.07) is 0. The smallest absolute Gasteiger partial charge is 0.192 e. The SMILES string of the molecule is CC(O)=[SH][C@@H](C)CO[Si](C)(C)C(C)(C)C. The summed E-state index contributed by atoms with van der Waals surface area (Å²) in [5, 5.41) is 10.3. The van der Waals surface area contributed by atoms with Gasteiger partial charge in [0.2, 0.25) is 0 Å². The second kappa shape index (κ2) is 5.62. The minimum Gasteiger partial charge on any atom is -0.416 e. The third-order valence-corrected chi connectivity index (χ3v) is 8.36. The Hall–Kier alpha value is 0.357. The summed E-state index contributed by atoms with van der Waals surface area (Å²) in [5.74, 6) is 0. The van der Waals surface area contributed by atoms with Crippen LogP contribution in [0.1, 0.15) is 34.6 Å². The quantitative estimate of drug-likeness (QED) is 0.454. The van der Waals surface area contributed by atoms with E-state index in [2.05, 4.69) is 40.8 Å². The van der Waals surface area contributed by atoms with Gasteiger partial charge in [-0.25, -0.2) is 0 Å². The number of aliphatic hydroxyl groups is 1. The molecule has 15 heavy (non-hydrogen) atoms. The molecule has 0 rings (SSSR count). The minimum atomic E-state index is -1.61. The normalized spacial score (nSPS) is 17.2. The van der Waals surface area contributed by atoms with Gasteiger partial charge in [0.1, 0.15) is 0 Å². The van der Waals surface area contributed by atoms with Crippen molar-refractivity contribution in [2.75, 3.05) is 6.61 Å². The van der Waals surface area contributed by atoms with Gasteiger partial charge in [-0.05, 0) is 25.1 Å². The van der Waals surface area contributed by atoms with E-state index in [-0.39, 0.29) is 5.04 Å². The second-order valence-corrected chi connectivity index (χ2v) is 12.2. The van der Waals surface area contributed by atoms with Crippen molar-refractivity contribution in [2.24, 2.45) is 0 Å². The van der Waals surface area contributed by atoms with Crippen LogP contribution in [0.15, 0.2) is 0 Å². The Balaban J connectivity index is 4.22. The summed E-state index contributed by atoms with van der Waals surface area (Å²) in [5.41, 5.74) is 0. The van der Waals surface area contributed by atoms with Gasteiger partial charge in [0.05, 0.1) is 5.05 Å². The Kier molecular flexibility index (Phi) is 5.75. The molecule has 0 bridgehead atoms. The zero-order valence-electron chi connectivity index (χ0n) is 11.1. The van der Waals surface area contributed by atoms with Crippen LogP contribution in [0.4, 0.5) is 0 Å². The van der Waals surface area contributed by atoms with Gasteiger partial charge in [-0.2, -0.15) is 11.4 Å². The van der Waals surface area contributed by atoms with Crippen LogP contribution >= 0.6 is 11.4 Å². The van der Waals surface area contributed by atoms with E-state index in [1.807, 2.05) is 0 Å². The molecule has 1 atom stereocenters.